The van der Waals surface area contributed by atoms with E-state index in [1.807, 2.05) is 31.2 Å². The van der Waals surface area contributed by atoms with Crippen LogP contribution in [0.1, 0.15) is 52.9 Å². The molecular weight excluding hydrogens is 320 g/mol. The predicted molar refractivity (Wildman–Crippen MR) is 96.1 cm³/mol. The van der Waals surface area contributed by atoms with E-state index in [2.05, 4.69) is 20.6 Å². The fraction of sp³-hybridized carbons (Fsp3) is 0.500. The Morgan fingerprint density at radius 3 is 2.52 bits per heavy atom. The summed E-state index contributed by atoms with van der Waals surface area (Å²) in [4.78, 5) is 31.9. The molecule has 1 aromatic heterocycles. The van der Waals surface area contributed by atoms with Crippen molar-refractivity contribution in [3.8, 4) is 0 Å². The summed E-state index contributed by atoms with van der Waals surface area (Å²) in [7, 11) is 0. The molecule has 25 heavy (non-hydrogen) atoms. The molecule has 7 heteroatoms. The molecule has 0 saturated heterocycles. The Kier molecular flexibility index (Phi) is 5.66. The number of rotatable bonds is 5. The zero-order valence-electron chi connectivity index (χ0n) is 15.3. The Labute approximate surface area is 147 Å². The third-order valence-electron chi connectivity index (χ3n) is 3.59. The zero-order chi connectivity index (χ0) is 18.6. The van der Waals surface area contributed by atoms with Gasteiger partial charge in [0.05, 0.1) is 17.1 Å². The first-order chi connectivity index (χ1) is 11.7. The molecular formula is C18H26N4O3. The van der Waals surface area contributed by atoms with Crippen LogP contribution in [0, 0.1) is 0 Å². The second kappa shape index (κ2) is 7.55. The van der Waals surface area contributed by atoms with Crippen LogP contribution in [0.15, 0.2) is 24.3 Å². The van der Waals surface area contributed by atoms with Crippen molar-refractivity contribution in [2.75, 3.05) is 0 Å². The maximum Gasteiger partial charge on any atom is 0.408 e. The van der Waals surface area contributed by atoms with Crippen LogP contribution in [0.5, 0.6) is 0 Å². The number of imidazole rings is 1. The molecule has 136 valence electrons. The van der Waals surface area contributed by atoms with Crippen LogP contribution in [0.3, 0.4) is 0 Å². The molecule has 2 rings (SSSR count). The van der Waals surface area contributed by atoms with Gasteiger partial charge in [-0.15, -0.1) is 0 Å². The first-order valence-electron chi connectivity index (χ1n) is 8.44. The molecule has 0 bridgehead atoms. The molecule has 0 radical (unpaired) electrons. The summed E-state index contributed by atoms with van der Waals surface area (Å²) >= 11 is 0. The summed E-state index contributed by atoms with van der Waals surface area (Å²) < 4.78 is 5.17. The lowest BCUT2D eigenvalue weighted by atomic mass is 10.2. The number of alkyl carbamates (subject to hydrolysis) is 1. The molecule has 2 atom stereocenters. The summed E-state index contributed by atoms with van der Waals surface area (Å²) in [5, 5.41) is 5.45. The number of hydrogen-bond acceptors (Lipinski definition) is 4. The number of H-pyrrole nitrogens is 1. The minimum absolute atomic E-state index is 0.261. The first-order valence-corrected chi connectivity index (χ1v) is 8.44. The Bertz CT molecular complexity index is 715. The fourth-order valence-corrected chi connectivity index (χ4v) is 2.35. The van der Waals surface area contributed by atoms with Gasteiger partial charge in [0.1, 0.15) is 17.5 Å². The third-order valence-corrected chi connectivity index (χ3v) is 3.59. The predicted octanol–water partition coefficient (Wildman–Crippen LogP) is 3.04. The second-order valence-corrected chi connectivity index (χ2v) is 6.98. The number of para-hydroxylation sites is 2. The molecule has 0 aliphatic heterocycles. The normalized spacial score (nSPS) is 14.0. The summed E-state index contributed by atoms with van der Waals surface area (Å²) in [6.45, 7) is 8.89. The monoisotopic (exact) mass is 346 g/mol. The van der Waals surface area contributed by atoms with Crippen molar-refractivity contribution in [3.63, 3.8) is 0 Å². The van der Waals surface area contributed by atoms with Gasteiger partial charge < -0.3 is 20.4 Å². The summed E-state index contributed by atoms with van der Waals surface area (Å²) in [6, 6.07) is 6.72. The summed E-state index contributed by atoms with van der Waals surface area (Å²) in [5.41, 5.74) is 1.16. The number of amides is 2. The number of ether oxygens (including phenoxy) is 1. The minimum atomic E-state index is -0.715. The highest BCUT2D eigenvalue weighted by molar-refractivity contribution is 5.85. The van der Waals surface area contributed by atoms with Gasteiger partial charge in [-0.1, -0.05) is 19.1 Å². The molecule has 2 amide bonds. The zero-order valence-corrected chi connectivity index (χ0v) is 15.3. The van der Waals surface area contributed by atoms with Crippen molar-refractivity contribution in [1.82, 2.24) is 20.6 Å². The Morgan fingerprint density at radius 1 is 1.24 bits per heavy atom. The summed E-state index contributed by atoms with van der Waals surface area (Å²) in [5.74, 6) is 0.402. The van der Waals surface area contributed by atoms with E-state index in [4.69, 9.17) is 4.74 Å². The number of nitrogens with zero attached hydrogens (tertiary/aromatic N) is 1. The van der Waals surface area contributed by atoms with E-state index in [1.54, 1.807) is 27.7 Å². The molecule has 0 aliphatic carbocycles. The smallest absolute Gasteiger partial charge is 0.408 e. The van der Waals surface area contributed by atoms with Crippen LogP contribution in [-0.2, 0) is 9.53 Å². The molecule has 0 saturated carbocycles. The van der Waals surface area contributed by atoms with Crippen LogP contribution < -0.4 is 10.6 Å². The van der Waals surface area contributed by atoms with E-state index in [0.29, 0.717) is 12.2 Å². The molecule has 1 aromatic carbocycles. The van der Waals surface area contributed by atoms with Gasteiger partial charge in [0.2, 0.25) is 5.91 Å². The Morgan fingerprint density at radius 2 is 1.92 bits per heavy atom. The number of nitrogens with one attached hydrogen (secondary N) is 3. The van der Waals surface area contributed by atoms with Gasteiger partial charge in [-0.05, 0) is 46.2 Å². The van der Waals surface area contributed by atoms with Gasteiger partial charge in [-0.2, -0.15) is 0 Å². The highest BCUT2D eigenvalue weighted by atomic mass is 16.6. The van der Waals surface area contributed by atoms with Gasteiger partial charge in [0, 0.05) is 0 Å². The lowest BCUT2D eigenvalue weighted by Gasteiger charge is -2.22. The van der Waals surface area contributed by atoms with Crippen LogP contribution in [0.2, 0.25) is 0 Å². The van der Waals surface area contributed by atoms with Crippen molar-refractivity contribution in [2.45, 2.75) is 58.7 Å². The molecule has 3 N–H and O–H groups in total. The molecule has 0 aliphatic rings. The van der Waals surface area contributed by atoms with Gasteiger partial charge in [-0.25, -0.2) is 9.78 Å². The van der Waals surface area contributed by atoms with Crippen LogP contribution in [0.25, 0.3) is 11.0 Å². The average molecular weight is 346 g/mol. The van der Waals surface area contributed by atoms with Gasteiger partial charge in [-0.3, -0.25) is 4.79 Å². The number of fused-ring (bicyclic) bond motifs is 1. The number of aromatic nitrogens is 2. The quantitative estimate of drug-likeness (QED) is 0.775. The molecule has 0 spiro atoms. The lowest BCUT2D eigenvalue weighted by molar-refractivity contribution is -0.123. The minimum Gasteiger partial charge on any atom is -0.444 e. The van der Waals surface area contributed by atoms with E-state index >= 15 is 0 Å². The highest BCUT2D eigenvalue weighted by Gasteiger charge is 2.23. The lowest BCUT2D eigenvalue weighted by Crippen LogP contribution is -2.47. The summed E-state index contributed by atoms with van der Waals surface area (Å²) in [6.07, 6.45) is 0.0528. The maximum atomic E-state index is 12.4. The van der Waals surface area contributed by atoms with Crippen LogP contribution >= 0.6 is 0 Å². The van der Waals surface area contributed by atoms with Gasteiger partial charge in [0.15, 0.2) is 0 Å². The number of carbonyl (C=O) groups excluding carboxylic acids is 2. The third kappa shape index (κ3) is 5.20. The molecule has 1 heterocycles. The number of hydrogen-bond donors (Lipinski definition) is 3. The number of carbonyl (C=O) groups is 2. The standard InChI is InChI=1S/C18H26N4O3/c1-6-12(15-20-13-9-7-8-10-14(13)21-15)22-16(23)11(2)19-17(24)25-18(3,4)5/h7-12H,6H2,1-5H3,(H,19,24)(H,20,21)(H,22,23)/t11-,12-/m1/s1. The largest absolute Gasteiger partial charge is 0.444 e. The fourth-order valence-electron chi connectivity index (χ4n) is 2.35. The molecule has 7 nitrogen and oxygen atoms in total. The maximum absolute atomic E-state index is 12.4. The SMILES string of the molecule is CC[C@@H](NC(=O)[C@@H](C)NC(=O)OC(C)(C)C)c1nc2ccccc2[nH]1. The molecule has 2 aromatic rings. The first kappa shape index (κ1) is 18.8. The van der Waals surface area contributed by atoms with Crippen LogP contribution in [0.4, 0.5) is 4.79 Å². The van der Waals surface area contributed by atoms with Gasteiger partial charge in [0.25, 0.3) is 0 Å². The average Bonchev–Trinajstić information content (AvgIpc) is 2.93. The van der Waals surface area contributed by atoms with E-state index in [0.717, 1.165) is 11.0 Å². The van der Waals surface area contributed by atoms with E-state index in [-0.39, 0.29) is 11.9 Å². The second-order valence-electron chi connectivity index (χ2n) is 6.98. The van der Waals surface area contributed by atoms with Gasteiger partial charge >= 0.3 is 6.09 Å². The topological polar surface area (TPSA) is 96.1 Å². The number of benzene rings is 1. The van der Waals surface area contributed by atoms with Crippen molar-refractivity contribution < 1.29 is 14.3 Å². The van der Waals surface area contributed by atoms with Crippen molar-refractivity contribution >= 4 is 23.0 Å². The molecule has 0 unspecified atom stereocenters. The Balaban J connectivity index is 2.00. The van der Waals surface area contributed by atoms with E-state index in [9.17, 15) is 9.59 Å². The Hall–Kier alpha value is -2.57. The van der Waals surface area contributed by atoms with E-state index in [1.165, 1.54) is 0 Å². The van der Waals surface area contributed by atoms with E-state index < -0.39 is 17.7 Å². The number of aromatic amines is 1. The van der Waals surface area contributed by atoms with Crippen molar-refractivity contribution in [1.29, 1.82) is 0 Å². The van der Waals surface area contributed by atoms with Crippen molar-refractivity contribution in [3.05, 3.63) is 30.1 Å². The highest BCUT2D eigenvalue weighted by Crippen LogP contribution is 2.18. The molecule has 0 fully saturated rings. The van der Waals surface area contributed by atoms with Crippen molar-refractivity contribution in [2.24, 2.45) is 0 Å². The van der Waals surface area contributed by atoms with Crippen LogP contribution in [-0.4, -0.2) is 33.6 Å².